The number of nitrogens with one attached hydrogen (secondary N) is 1. The molecule has 0 heterocycles. The number of amides is 1. The first-order valence-electron chi connectivity index (χ1n) is 9.18. The van der Waals surface area contributed by atoms with Crippen molar-refractivity contribution in [2.45, 2.75) is 38.0 Å². The lowest BCUT2D eigenvalue weighted by Gasteiger charge is -2.29. The van der Waals surface area contributed by atoms with Crippen molar-refractivity contribution in [1.29, 1.82) is 0 Å². The number of nitrogens with two attached hydrogens (primary N) is 1. The van der Waals surface area contributed by atoms with Crippen molar-refractivity contribution in [1.82, 2.24) is 0 Å². The molecule has 5 nitrogen and oxygen atoms in total. The van der Waals surface area contributed by atoms with Gasteiger partial charge in [-0.15, -0.1) is 0 Å². The lowest BCUT2D eigenvalue weighted by Crippen LogP contribution is -2.21. The van der Waals surface area contributed by atoms with Crippen LogP contribution in [-0.4, -0.2) is 17.0 Å². The standard InChI is InChI=1S/C21H24ClN3O2/c22-18-2-1-3-19(13-18)24-20(25-27)12-14-4-6-15(7-5-14)16-8-10-17(11-9-16)21(23)26/h1-3,8-11,13-15,27H,4-7,12H2,(H2,23,26)(H,24,25)/t14-,15+. The van der Waals surface area contributed by atoms with E-state index in [0.717, 1.165) is 31.4 Å². The average molecular weight is 386 g/mol. The predicted octanol–water partition coefficient (Wildman–Crippen LogP) is 5.00. The quantitative estimate of drug-likeness (QED) is 0.293. The van der Waals surface area contributed by atoms with Crippen LogP contribution in [0.5, 0.6) is 0 Å². The van der Waals surface area contributed by atoms with Gasteiger partial charge in [-0.1, -0.05) is 35.0 Å². The van der Waals surface area contributed by atoms with E-state index in [1.807, 2.05) is 24.3 Å². The maximum atomic E-state index is 11.2. The number of rotatable bonds is 5. The number of amidine groups is 1. The highest BCUT2D eigenvalue weighted by molar-refractivity contribution is 6.30. The Kier molecular flexibility index (Phi) is 6.35. The molecule has 1 fully saturated rings. The second-order valence-corrected chi connectivity index (χ2v) is 7.53. The molecular weight excluding hydrogens is 362 g/mol. The van der Waals surface area contributed by atoms with Crippen LogP contribution in [0.15, 0.2) is 53.7 Å². The molecule has 1 aliphatic carbocycles. The van der Waals surface area contributed by atoms with Crippen LogP contribution in [0.25, 0.3) is 0 Å². The minimum atomic E-state index is -0.395. The third-order valence-corrected chi connectivity index (χ3v) is 5.46. The number of hydrogen-bond acceptors (Lipinski definition) is 3. The van der Waals surface area contributed by atoms with Crippen LogP contribution >= 0.6 is 11.6 Å². The molecule has 1 saturated carbocycles. The summed E-state index contributed by atoms with van der Waals surface area (Å²) in [6.07, 6.45) is 5.00. The van der Waals surface area contributed by atoms with Gasteiger partial charge in [0, 0.05) is 22.7 Å². The Morgan fingerprint density at radius 3 is 2.44 bits per heavy atom. The predicted molar refractivity (Wildman–Crippen MR) is 109 cm³/mol. The molecule has 2 aromatic carbocycles. The van der Waals surface area contributed by atoms with Crippen LogP contribution in [-0.2, 0) is 0 Å². The third-order valence-electron chi connectivity index (χ3n) is 5.23. The Morgan fingerprint density at radius 2 is 1.85 bits per heavy atom. The zero-order valence-electron chi connectivity index (χ0n) is 15.1. The van der Waals surface area contributed by atoms with Crippen molar-refractivity contribution < 1.29 is 10.0 Å². The summed E-state index contributed by atoms with van der Waals surface area (Å²) in [5, 5.41) is 16.6. The molecule has 27 heavy (non-hydrogen) atoms. The van der Waals surface area contributed by atoms with Crippen molar-refractivity contribution in [3.8, 4) is 0 Å². The van der Waals surface area contributed by atoms with E-state index in [2.05, 4.69) is 10.5 Å². The highest BCUT2D eigenvalue weighted by atomic mass is 35.5. The van der Waals surface area contributed by atoms with E-state index in [9.17, 15) is 10.0 Å². The first-order chi connectivity index (χ1) is 13.0. The Bertz CT molecular complexity index is 812. The molecule has 2 aromatic rings. The van der Waals surface area contributed by atoms with Crippen molar-refractivity contribution >= 4 is 29.0 Å². The molecule has 0 unspecified atom stereocenters. The normalized spacial score (nSPS) is 20.3. The molecule has 0 radical (unpaired) electrons. The molecule has 142 valence electrons. The van der Waals surface area contributed by atoms with Crippen molar-refractivity contribution in [2.75, 3.05) is 5.32 Å². The monoisotopic (exact) mass is 385 g/mol. The maximum Gasteiger partial charge on any atom is 0.248 e. The zero-order valence-corrected chi connectivity index (χ0v) is 15.8. The highest BCUT2D eigenvalue weighted by Crippen LogP contribution is 2.37. The van der Waals surface area contributed by atoms with Gasteiger partial charge < -0.3 is 16.3 Å². The van der Waals surface area contributed by atoms with Gasteiger partial charge in [-0.05, 0) is 73.4 Å². The zero-order chi connectivity index (χ0) is 19.2. The van der Waals surface area contributed by atoms with Gasteiger partial charge in [0.05, 0.1) is 0 Å². The number of carbonyl (C=O) groups excluding carboxylic acids is 1. The minimum absolute atomic E-state index is 0.395. The van der Waals surface area contributed by atoms with Gasteiger partial charge in [0.2, 0.25) is 5.91 Å². The lowest BCUT2D eigenvalue weighted by molar-refractivity contribution is 0.100. The van der Waals surface area contributed by atoms with E-state index in [1.165, 1.54) is 5.56 Å². The van der Waals surface area contributed by atoms with Crippen molar-refractivity contribution in [3.63, 3.8) is 0 Å². The fourth-order valence-corrected chi connectivity index (χ4v) is 3.93. The van der Waals surface area contributed by atoms with E-state index in [4.69, 9.17) is 17.3 Å². The van der Waals surface area contributed by atoms with Gasteiger partial charge in [-0.3, -0.25) is 4.79 Å². The number of carbonyl (C=O) groups is 1. The first kappa shape index (κ1) is 19.2. The fraction of sp³-hybridized carbons (Fsp3) is 0.333. The molecule has 1 aliphatic rings. The SMILES string of the molecule is NC(=O)c1ccc([C@H]2CC[C@@H](C/C(=N/O)Nc3cccc(Cl)c3)CC2)cc1. The Labute approximate surface area is 164 Å². The summed E-state index contributed by atoms with van der Waals surface area (Å²) < 4.78 is 0. The molecule has 6 heteroatoms. The minimum Gasteiger partial charge on any atom is -0.409 e. The molecule has 4 N–H and O–H groups in total. The second-order valence-electron chi connectivity index (χ2n) is 7.09. The van der Waals surface area contributed by atoms with E-state index >= 15 is 0 Å². The van der Waals surface area contributed by atoms with Crippen LogP contribution in [0.2, 0.25) is 5.02 Å². The van der Waals surface area contributed by atoms with E-state index in [0.29, 0.717) is 34.7 Å². The van der Waals surface area contributed by atoms with Gasteiger partial charge in [0.1, 0.15) is 5.84 Å². The Morgan fingerprint density at radius 1 is 1.15 bits per heavy atom. The molecule has 0 spiro atoms. The topological polar surface area (TPSA) is 87.7 Å². The average Bonchev–Trinajstić information content (AvgIpc) is 2.68. The van der Waals surface area contributed by atoms with Crippen LogP contribution in [0, 0.1) is 5.92 Å². The van der Waals surface area contributed by atoms with E-state index in [-0.39, 0.29) is 0 Å². The Balaban J connectivity index is 1.53. The first-order valence-corrected chi connectivity index (χ1v) is 9.56. The summed E-state index contributed by atoms with van der Waals surface area (Å²) in [6.45, 7) is 0. The Hall–Kier alpha value is -2.53. The number of oxime groups is 1. The van der Waals surface area contributed by atoms with Gasteiger partial charge in [-0.2, -0.15) is 0 Å². The number of hydrogen-bond donors (Lipinski definition) is 3. The summed E-state index contributed by atoms with van der Waals surface area (Å²) in [4.78, 5) is 11.2. The van der Waals surface area contributed by atoms with Crippen molar-refractivity contribution in [3.05, 3.63) is 64.7 Å². The highest BCUT2D eigenvalue weighted by Gasteiger charge is 2.24. The second kappa shape index (κ2) is 8.91. The fourth-order valence-electron chi connectivity index (χ4n) is 3.74. The molecule has 0 aromatic heterocycles. The number of primary amides is 1. The maximum absolute atomic E-state index is 11.2. The van der Waals surface area contributed by atoms with Gasteiger partial charge in [0.25, 0.3) is 0 Å². The number of halogens is 1. The van der Waals surface area contributed by atoms with Gasteiger partial charge >= 0.3 is 0 Å². The number of nitrogens with zero attached hydrogens (tertiary/aromatic N) is 1. The summed E-state index contributed by atoms with van der Waals surface area (Å²) in [5.74, 6) is 1.14. The van der Waals surface area contributed by atoms with Crippen LogP contribution < -0.4 is 11.1 Å². The molecule has 3 rings (SSSR count). The van der Waals surface area contributed by atoms with Crippen LogP contribution in [0.1, 0.15) is 53.9 Å². The van der Waals surface area contributed by atoms with Gasteiger partial charge in [-0.25, -0.2) is 0 Å². The van der Waals surface area contributed by atoms with E-state index in [1.54, 1.807) is 24.3 Å². The molecule has 0 aliphatic heterocycles. The van der Waals surface area contributed by atoms with Gasteiger partial charge in [0.15, 0.2) is 0 Å². The summed E-state index contributed by atoms with van der Waals surface area (Å²) in [6, 6.07) is 15.0. The summed E-state index contributed by atoms with van der Waals surface area (Å²) in [5.41, 5.74) is 7.92. The van der Waals surface area contributed by atoms with Crippen LogP contribution in [0.3, 0.4) is 0 Å². The van der Waals surface area contributed by atoms with Crippen LogP contribution in [0.4, 0.5) is 5.69 Å². The molecular formula is C21H24ClN3O2. The smallest absolute Gasteiger partial charge is 0.248 e. The molecule has 0 atom stereocenters. The summed E-state index contributed by atoms with van der Waals surface area (Å²) >= 11 is 6.00. The lowest BCUT2D eigenvalue weighted by atomic mass is 9.77. The number of benzene rings is 2. The third kappa shape index (κ3) is 5.23. The van der Waals surface area contributed by atoms with Crippen molar-refractivity contribution in [2.24, 2.45) is 16.8 Å². The molecule has 0 saturated heterocycles. The summed E-state index contributed by atoms with van der Waals surface area (Å²) in [7, 11) is 0. The molecule has 1 amide bonds. The molecule has 0 bridgehead atoms. The largest absolute Gasteiger partial charge is 0.409 e. The number of anilines is 1. The van der Waals surface area contributed by atoms with E-state index < -0.39 is 5.91 Å².